The van der Waals surface area contributed by atoms with Crippen LogP contribution in [0.15, 0.2) is 312 Å². The van der Waals surface area contributed by atoms with Crippen LogP contribution >= 0.6 is 0 Å². The van der Waals surface area contributed by atoms with Gasteiger partial charge in [0.25, 0.3) is 0 Å². The van der Waals surface area contributed by atoms with Crippen LogP contribution < -0.4 is 18.9 Å². The number of hydrogen-bond acceptors (Lipinski definition) is 18. The van der Waals surface area contributed by atoms with Crippen LogP contribution in [0.25, 0.3) is 24.3 Å². The smallest absolute Gasteiger partial charge is 0.330 e. The SMILES string of the molecule is COC(=O)/C=C/C(C)=C/C=C/C(C)=C/C=C/C=C(C)/C=C/C=C(C)/C=C/C(=O)O.COC(=O)/C=C/C(C)=C/C=C/C(C)=C/C=C/C=C(C)/C=C/C=C(C)/C=C/C(=O)O.COc1cc(/C=C/C(=O)CC(=O)/C=C/c2ccc(O)c(OC)c2)ccc1O.COc1cc(/C=C/C(=O)CC(=O)/C=C/c2ccc(O)c(OC)c2)ccc1O. The summed E-state index contributed by atoms with van der Waals surface area (Å²) in [5, 5.41) is 55.3. The Morgan fingerprint density at radius 1 is 0.268 bits per heavy atom. The summed E-state index contributed by atoms with van der Waals surface area (Å²) in [5.41, 5.74) is 10.6. The summed E-state index contributed by atoms with van der Waals surface area (Å²) in [4.78, 5) is 90.7. The quantitative estimate of drug-likeness (QED) is 0.0107. The van der Waals surface area contributed by atoms with Crippen molar-refractivity contribution < 1.29 is 97.4 Å². The standard InChI is InChI=1S/2C25H30O4.2C21H20O6/c2*1-20(12-8-14-22(3)16-18-24(26)27)10-6-7-11-21(2)13-9-15-23(4)17-19-25(28)29-5;2*1-26-20-11-14(5-9-18(20)24)3-7-16(22)13-17(23)8-4-15-6-10-19(25)21(12-15)27-2/h2*6-19H,1-5H3,(H,26,27);2*3-12,24-25H,13H2,1-2H3/b2*7-6+,12-8+,13-9+,18-16+,19-17+,20-10+,21-11+,22-14+,23-15+;2*7-3+,8-4+. The monoisotopic (exact) mass is 1520 g/mol. The topological polar surface area (TPSA) is 313 Å². The molecule has 0 fully saturated rings. The molecule has 588 valence electrons. The molecule has 20 nitrogen and oxygen atoms in total. The third-order valence-electron chi connectivity index (χ3n) is 14.2. The number of methoxy groups -OCH3 is 6. The minimum absolute atomic E-state index is 0.00662. The Kier molecular flexibility index (Phi) is 48.4. The molecule has 0 heterocycles. The lowest BCUT2D eigenvalue weighted by atomic mass is 10.1. The van der Waals surface area contributed by atoms with Gasteiger partial charge in [-0.1, -0.05) is 239 Å². The maximum absolute atomic E-state index is 11.9. The molecule has 0 spiro atoms. The largest absolute Gasteiger partial charge is 0.504 e. The summed E-state index contributed by atoms with van der Waals surface area (Å²) in [6.45, 7) is 15.5. The molecule has 4 rings (SSSR count). The highest BCUT2D eigenvalue weighted by molar-refractivity contribution is 6.11. The van der Waals surface area contributed by atoms with Crippen LogP contribution in [-0.2, 0) is 47.8 Å². The van der Waals surface area contributed by atoms with Crippen molar-refractivity contribution in [3.05, 3.63) is 334 Å². The molecule has 112 heavy (non-hydrogen) atoms. The predicted octanol–water partition coefficient (Wildman–Crippen LogP) is 18.4. The van der Waals surface area contributed by atoms with Gasteiger partial charge in [-0.05, 0) is 150 Å². The lowest BCUT2D eigenvalue weighted by molar-refractivity contribution is -0.135. The van der Waals surface area contributed by atoms with Gasteiger partial charge in [-0.15, -0.1) is 0 Å². The number of carbonyl (C=O) groups excluding carboxylic acids is 6. The van der Waals surface area contributed by atoms with Crippen molar-refractivity contribution in [3.8, 4) is 46.0 Å². The van der Waals surface area contributed by atoms with Gasteiger partial charge in [-0.3, -0.25) is 19.2 Å². The van der Waals surface area contributed by atoms with Crippen molar-refractivity contribution in [1.29, 1.82) is 0 Å². The van der Waals surface area contributed by atoms with E-state index >= 15 is 0 Å². The van der Waals surface area contributed by atoms with Gasteiger partial charge in [0.1, 0.15) is 0 Å². The number of allylic oxidation sites excluding steroid dienone is 36. The minimum atomic E-state index is -0.956. The summed E-state index contributed by atoms with van der Waals surface area (Å²) >= 11 is 0. The Labute approximate surface area is 656 Å². The van der Waals surface area contributed by atoms with E-state index in [1.807, 2.05) is 177 Å². The fourth-order valence-electron chi connectivity index (χ4n) is 8.15. The number of phenols is 4. The van der Waals surface area contributed by atoms with Gasteiger partial charge in [-0.2, -0.15) is 0 Å². The van der Waals surface area contributed by atoms with Crippen LogP contribution in [0.5, 0.6) is 46.0 Å². The highest BCUT2D eigenvalue weighted by Crippen LogP contribution is 2.30. The molecule has 4 aromatic rings. The molecule has 0 radical (unpaired) electrons. The first kappa shape index (κ1) is 96.1. The summed E-state index contributed by atoms with van der Waals surface area (Å²) in [6.07, 6.45) is 61.2. The summed E-state index contributed by atoms with van der Waals surface area (Å²) in [5.74, 6) is -2.82. The summed E-state index contributed by atoms with van der Waals surface area (Å²) < 4.78 is 29.1. The number of hydrogen-bond donors (Lipinski definition) is 6. The molecule has 0 saturated carbocycles. The van der Waals surface area contributed by atoms with Crippen LogP contribution in [0.1, 0.15) is 90.5 Å². The Morgan fingerprint density at radius 3 is 0.661 bits per heavy atom. The number of benzene rings is 4. The lowest BCUT2D eigenvalue weighted by Crippen LogP contribution is -2.01. The number of aromatic hydroxyl groups is 4. The number of carbonyl (C=O) groups is 8. The molecule has 0 saturated heterocycles. The number of rotatable bonds is 36. The van der Waals surface area contributed by atoms with Crippen molar-refractivity contribution in [1.82, 2.24) is 0 Å². The van der Waals surface area contributed by atoms with E-state index in [0.29, 0.717) is 45.3 Å². The maximum Gasteiger partial charge on any atom is 0.330 e. The van der Waals surface area contributed by atoms with Crippen molar-refractivity contribution in [2.45, 2.75) is 68.2 Å². The number of esters is 2. The molecule has 0 aliphatic rings. The normalized spacial score (nSPS) is 13.1. The lowest BCUT2D eigenvalue weighted by Gasteiger charge is -2.03. The first-order chi connectivity index (χ1) is 53.3. The van der Waals surface area contributed by atoms with E-state index in [1.54, 1.807) is 97.1 Å². The Hall–Kier alpha value is -13.9. The van der Waals surface area contributed by atoms with E-state index in [9.17, 15) is 58.8 Å². The average Bonchev–Trinajstić information content (AvgIpc) is 0.892. The highest BCUT2D eigenvalue weighted by atomic mass is 16.5. The zero-order valence-electron chi connectivity index (χ0n) is 65.5. The number of ketones is 4. The van der Waals surface area contributed by atoms with Crippen molar-refractivity contribution in [2.75, 3.05) is 42.7 Å². The van der Waals surface area contributed by atoms with Gasteiger partial charge in [0.05, 0.1) is 55.5 Å². The summed E-state index contributed by atoms with van der Waals surface area (Å²) in [6, 6.07) is 18.7. The Morgan fingerprint density at radius 2 is 0.464 bits per heavy atom. The molecule has 0 aliphatic heterocycles. The molecule has 0 aliphatic carbocycles. The van der Waals surface area contributed by atoms with Crippen LogP contribution in [0.2, 0.25) is 0 Å². The van der Waals surface area contributed by atoms with E-state index in [0.717, 1.165) is 56.7 Å². The van der Waals surface area contributed by atoms with E-state index < -0.39 is 11.9 Å². The second-order valence-electron chi connectivity index (χ2n) is 23.8. The van der Waals surface area contributed by atoms with E-state index in [4.69, 9.17) is 29.2 Å². The number of ether oxygens (including phenoxy) is 6. The van der Waals surface area contributed by atoms with E-state index in [1.165, 1.54) is 103 Å². The van der Waals surface area contributed by atoms with Gasteiger partial charge in [0.2, 0.25) is 0 Å². The molecule has 0 atom stereocenters. The first-order valence-electron chi connectivity index (χ1n) is 34.4. The predicted molar refractivity (Wildman–Crippen MR) is 445 cm³/mol. The van der Waals surface area contributed by atoms with Gasteiger partial charge < -0.3 is 59.1 Å². The van der Waals surface area contributed by atoms with Crippen molar-refractivity contribution >= 4 is 71.3 Å². The van der Waals surface area contributed by atoms with Crippen molar-refractivity contribution in [3.63, 3.8) is 0 Å². The molecule has 6 N–H and O–H groups in total. The van der Waals surface area contributed by atoms with Crippen molar-refractivity contribution in [2.24, 2.45) is 0 Å². The highest BCUT2D eigenvalue weighted by Gasteiger charge is 2.09. The van der Waals surface area contributed by atoms with Crippen LogP contribution in [0.4, 0.5) is 0 Å². The van der Waals surface area contributed by atoms with Crippen LogP contribution in [0, 0.1) is 0 Å². The summed E-state index contributed by atoms with van der Waals surface area (Å²) in [7, 11) is 8.43. The number of carboxylic acids is 2. The van der Waals surface area contributed by atoms with Crippen LogP contribution in [0.3, 0.4) is 0 Å². The molecule has 0 aromatic heterocycles. The van der Waals surface area contributed by atoms with E-state index in [2.05, 4.69) is 9.47 Å². The zero-order valence-corrected chi connectivity index (χ0v) is 65.5. The molecule has 0 unspecified atom stereocenters. The average molecular weight is 1530 g/mol. The fraction of sp³-hybridized carbons (Fsp3) is 0.174. The minimum Gasteiger partial charge on any atom is -0.504 e. The van der Waals surface area contributed by atoms with Gasteiger partial charge in [0, 0.05) is 24.3 Å². The van der Waals surface area contributed by atoms with Gasteiger partial charge in [0.15, 0.2) is 69.1 Å². The molecule has 20 heteroatoms. The second kappa shape index (κ2) is 56.4. The van der Waals surface area contributed by atoms with Gasteiger partial charge >= 0.3 is 23.9 Å². The third kappa shape index (κ3) is 46.9. The molecule has 4 aromatic carbocycles. The molecule has 0 amide bonds. The fourth-order valence-corrected chi connectivity index (χ4v) is 8.15. The zero-order chi connectivity index (χ0) is 83.8. The number of aliphatic carboxylic acids is 2. The Balaban J connectivity index is 0.000000747. The number of carboxylic acid groups (broad SMARTS) is 2. The molecular weight excluding hydrogens is 1420 g/mol. The number of phenolic OH excluding ortho intramolecular Hbond substituents is 4. The molecular formula is C92H100O20. The van der Waals surface area contributed by atoms with E-state index in [-0.39, 0.29) is 70.9 Å². The first-order valence-corrected chi connectivity index (χ1v) is 34.4. The molecule has 0 bridgehead atoms. The third-order valence-corrected chi connectivity index (χ3v) is 14.2. The van der Waals surface area contributed by atoms with Gasteiger partial charge in [-0.25, -0.2) is 19.2 Å². The van der Waals surface area contributed by atoms with Crippen LogP contribution in [-0.4, -0.2) is 120 Å². The maximum atomic E-state index is 11.9. The second-order valence-corrected chi connectivity index (χ2v) is 23.8. The Bertz CT molecular complexity index is 4160.